The molecule has 2 bridgehead atoms. The van der Waals surface area contributed by atoms with Crippen LogP contribution in [0.5, 0.6) is 0 Å². The van der Waals surface area contributed by atoms with E-state index in [0.717, 1.165) is 31.2 Å². The molecule has 0 heterocycles. The molecule has 0 saturated heterocycles. The van der Waals surface area contributed by atoms with Crippen LogP contribution in [0.25, 0.3) is 0 Å². The lowest BCUT2D eigenvalue weighted by atomic mass is 9.62. The topological polar surface area (TPSA) is 34.1 Å². The Kier molecular flexibility index (Phi) is 2.57. The maximum absolute atomic E-state index is 12.4. The molecule has 2 atom stereocenters. The zero-order chi connectivity index (χ0) is 14.0. The van der Waals surface area contributed by atoms with Gasteiger partial charge in [-0.3, -0.25) is 9.59 Å². The quantitative estimate of drug-likeness (QED) is 0.637. The van der Waals surface area contributed by atoms with Gasteiger partial charge in [-0.15, -0.1) is 0 Å². The summed E-state index contributed by atoms with van der Waals surface area (Å²) in [7, 11) is 0. The second kappa shape index (κ2) is 4.12. The first kappa shape index (κ1) is 12.5. The summed E-state index contributed by atoms with van der Waals surface area (Å²) in [5, 5.41) is 0. The van der Waals surface area contributed by atoms with Gasteiger partial charge in [-0.1, -0.05) is 56.1 Å². The lowest BCUT2D eigenvalue weighted by molar-refractivity contribution is -0.138. The monoisotopic (exact) mass is 390 g/mol. The van der Waals surface area contributed by atoms with E-state index >= 15 is 0 Å². The van der Waals surface area contributed by atoms with E-state index in [2.05, 4.69) is 31.9 Å². The maximum Gasteiger partial charge on any atom is 0.211 e. The Labute approximate surface area is 132 Å². The van der Waals surface area contributed by atoms with Gasteiger partial charge >= 0.3 is 0 Å². The number of fused-ring (bicyclic) bond motifs is 1. The van der Waals surface area contributed by atoms with Crippen LogP contribution in [0.15, 0.2) is 45.3 Å². The van der Waals surface area contributed by atoms with Gasteiger partial charge in [0.1, 0.15) is 0 Å². The summed E-state index contributed by atoms with van der Waals surface area (Å²) in [6.07, 6.45) is 0. The number of hydrogen-bond acceptors (Lipinski definition) is 2. The van der Waals surface area contributed by atoms with E-state index in [9.17, 15) is 9.59 Å². The predicted molar refractivity (Wildman–Crippen MR) is 82.0 cm³/mol. The van der Waals surface area contributed by atoms with E-state index in [4.69, 9.17) is 0 Å². The minimum atomic E-state index is -0.467. The summed E-state index contributed by atoms with van der Waals surface area (Å²) in [6, 6.07) is 11.6. The highest BCUT2D eigenvalue weighted by atomic mass is 79.9. The van der Waals surface area contributed by atoms with Crippen LogP contribution in [0.3, 0.4) is 0 Å². The van der Waals surface area contributed by atoms with Crippen molar-refractivity contribution in [1.82, 2.24) is 0 Å². The van der Waals surface area contributed by atoms with Gasteiger partial charge in [0.15, 0.2) is 0 Å². The number of ketones is 2. The Hall–Kier alpha value is -1.26. The van der Waals surface area contributed by atoms with Crippen molar-refractivity contribution in [2.45, 2.75) is 11.8 Å². The van der Waals surface area contributed by atoms with Crippen molar-refractivity contribution in [1.29, 1.82) is 0 Å². The van der Waals surface area contributed by atoms with Crippen LogP contribution < -0.4 is 0 Å². The van der Waals surface area contributed by atoms with Crippen LogP contribution in [-0.4, -0.2) is 11.6 Å². The van der Waals surface area contributed by atoms with Crippen LogP contribution in [-0.2, 0) is 9.59 Å². The number of Topliss-reactive ketones (excluding diaryl/α,β-unsaturated/α-hetero) is 2. The van der Waals surface area contributed by atoms with Crippen molar-refractivity contribution >= 4 is 43.4 Å². The lowest BCUT2D eigenvalue weighted by Gasteiger charge is -2.39. The average Bonchev–Trinajstić information content (AvgIpc) is 2.43. The highest BCUT2D eigenvalue weighted by Crippen LogP contribution is 2.53. The first-order valence-corrected chi connectivity index (χ1v) is 7.84. The molecule has 3 aliphatic carbocycles. The highest BCUT2D eigenvalue weighted by Gasteiger charge is 2.50. The summed E-state index contributed by atoms with van der Waals surface area (Å²) in [6.45, 7) is 0. The van der Waals surface area contributed by atoms with Crippen molar-refractivity contribution in [3.05, 3.63) is 67.6 Å². The van der Waals surface area contributed by atoms with Crippen molar-refractivity contribution in [3.63, 3.8) is 0 Å². The fourth-order valence-corrected chi connectivity index (χ4v) is 4.58. The minimum absolute atomic E-state index is 0.292. The molecule has 20 heavy (non-hydrogen) atoms. The smallest absolute Gasteiger partial charge is 0.211 e. The van der Waals surface area contributed by atoms with Crippen LogP contribution >= 0.6 is 31.9 Å². The molecule has 2 unspecified atom stereocenters. The molecule has 0 saturated carbocycles. The third-order valence-corrected chi connectivity index (χ3v) is 5.52. The van der Waals surface area contributed by atoms with Gasteiger partial charge in [-0.05, 0) is 34.4 Å². The van der Waals surface area contributed by atoms with Crippen LogP contribution in [0.1, 0.15) is 34.1 Å². The summed E-state index contributed by atoms with van der Waals surface area (Å²) in [5.74, 6) is -1.52. The summed E-state index contributed by atoms with van der Waals surface area (Å²) in [4.78, 5) is 24.8. The highest BCUT2D eigenvalue weighted by molar-refractivity contribution is 9.10. The molecule has 4 heteroatoms. The first-order valence-electron chi connectivity index (χ1n) is 6.26. The van der Waals surface area contributed by atoms with Gasteiger partial charge in [0.05, 0.1) is 11.8 Å². The van der Waals surface area contributed by atoms with E-state index in [1.54, 1.807) is 0 Å². The molecule has 2 aromatic rings. The molecule has 0 fully saturated rings. The fraction of sp³-hybridized carbons (Fsp3) is 0.125. The Morgan fingerprint density at radius 2 is 1.10 bits per heavy atom. The molecule has 3 aliphatic rings. The van der Waals surface area contributed by atoms with Crippen LogP contribution in [0.2, 0.25) is 0 Å². The van der Waals surface area contributed by atoms with E-state index < -0.39 is 11.8 Å². The summed E-state index contributed by atoms with van der Waals surface area (Å²) >= 11 is 7.05. The average molecular weight is 392 g/mol. The van der Waals surface area contributed by atoms with E-state index in [1.807, 2.05) is 36.4 Å². The van der Waals surface area contributed by atoms with Crippen LogP contribution in [0.4, 0.5) is 0 Å². The number of rotatable bonds is 0. The van der Waals surface area contributed by atoms with Crippen molar-refractivity contribution in [3.8, 4) is 0 Å². The fourth-order valence-electron chi connectivity index (χ4n) is 3.36. The van der Waals surface area contributed by atoms with Gasteiger partial charge in [-0.2, -0.15) is 0 Å². The van der Waals surface area contributed by atoms with Gasteiger partial charge in [-0.25, -0.2) is 0 Å². The third kappa shape index (κ3) is 1.38. The molecular weight excluding hydrogens is 384 g/mol. The second-order valence-electron chi connectivity index (χ2n) is 5.08. The van der Waals surface area contributed by atoms with E-state index in [1.165, 1.54) is 0 Å². The Balaban J connectivity index is 2.15. The molecule has 0 spiro atoms. The molecular formula is C16H8Br2O2. The molecule has 0 aromatic heterocycles. The molecule has 0 amide bonds. The number of hydrogen-bond donors (Lipinski definition) is 0. The molecule has 2 aromatic carbocycles. The SMILES string of the molecule is O=C1C(=O)C2c3cccc(Br)c3C1c1cccc(Br)c12. The molecule has 2 nitrogen and oxygen atoms in total. The number of carbonyl (C=O) groups is 2. The Bertz CT molecular complexity index is 728. The lowest BCUT2D eigenvalue weighted by Crippen LogP contribution is -2.41. The Morgan fingerprint density at radius 3 is 1.50 bits per heavy atom. The molecule has 0 radical (unpaired) electrons. The summed E-state index contributed by atoms with van der Waals surface area (Å²) in [5.41, 5.74) is 3.81. The van der Waals surface area contributed by atoms with Crippen molar-refractivity contribution in [2.24, 2.45) is 0 Å². The summed E-state index contributed by atoms with van der Waals surface area (Å²) < 4.78 is 1.80. The predicted octanol–water partition coefficient (Wildman–Crippen LogP) is 3.94. The number of benzene rings is 2. The van der Waals surface area contributed by atoms with Gasteiger partial charge in [0.2, 0.25) is 11.6 Å². The maximum atomic E-state index is 12.4. The first-order chi connectivity index (χ1) is 9.61. The zero-order valence-electron chi connectivity index (χ0n) is 10.2. The van der Waals surface area contributed by atoms with Gasteiger partial charge in [0.25, 0.3) is 0 Å². The van der Waals surface area contributed by atoms with Gasteiger partial charge < -0.3 is 0 Å². The van der Waals surface area contributed by atoms with Crippen LogP contribution in [0, 0.1) is 0 Å². The minimum Gasteiger partial charge on any atom is -0.290 e. The largest absolute Gasteiger partial charge is 0.290 e. The number of halogens is 2. The van der Waals surface area contributed by atoms with E-state index in [0.29, 0.717) is 0 Å². The Morgan fingerprint density at radius 1 is 0.700 bits per heavy atom. The zero-order valence-corrected chi connectivity index (χ0v) is 13.4. The molecule has 98 valence electrons. The van der Waals surface area contributed by atoms with Gasteiger partial charge in [0, 0.05) is 8.95 Å². The number of carbonyl (C=O) groups excluding carboxylic acids is 2. The third-order valence-electron chi connectivity index (χ3n) is 4.14. The van der Waals surface area contributed by atoms with Crippen molar-refractivity contribution in [2.75, 3.05) is 0 Å². The second-order valence-corrected chi connectivity index (χ2v) is 6.79. The molecule has 5 rings (SSSR count). The molecule has 0 aliphatic heterocycles. The van der Waals surface area contributed by atoms with E-state index in [-0.39, 0.29) is 11.6 Å². The molecule has 0 N–H and O–H groups in total. The van der Waals surface area contributed by atoms with Crippen molar-refractivity contribution < 1.29 is 9.59 Å². The standard InChI is InChI=1S/C16H8Br2O2/c17-9-5-1-3-7-11(9)14-8-4-2-6-10(18)12(8)13(7)15(19)16(14)20/h1-6,13-14H. The normalized spacial score (nSPS) is 22.7.